The highest BCUT2D eigenvalue weighted by Gasteiger charge is 2.40. The summed E-state index contributed by atoms with van der Waals surface area (Å²) >= 11 is 0. The summed E-state index contributed by atoms with van der Waals surface area (Å²) in [5.74, 6) is 0. The Morgan fingerprint density at radius 2 is 1.95 bits per heavy atom. The fraction of sp³-hybridized carbons (Fsp3) is 0.625. The average Bonchev–Trinajstić information content (AvgIpc) is 2.93. The van der Waals surface area contributed by atoms with Crippen LogP contribution in [-0.2, 0) is 16.6 Å². The summed E-state index contributed by atoms with van der Waals surface area (Å²) in [6.07, 6.45) is 3.01. The molecule has 1 aromatic carbocycles. The smallest absolute Gasteiger partial charge is 0.243 e. The molecule has 21 heavy (non-hydrogen) atoms. The van der Waals surface area contributed by atoms with Gasteiger partial charge in [0.2, 0.25) is 10.0 Å². The summed E-state index contributed by atoms with van der Waals surface area (Å²) in [6.45, 7) is 7.92. The second kappa shape index (κ2) is 6.07. The Kier molecular flexibility index (Phi) is 4.76. The summed E-state index contributed by atoms with van der Waals surface area (Å²) in [6, 6.07) is 5.25. The highest BCUT2D eigenvalue weighted by Crippen LogP contribution is 2.39. The first-order valence-corrected chi connectivity index (χ1v) is 9.12. The molecule has 0 spiro atoms. The Morgan fingerprint density at radius 3 is 2.43 bits per heavy atom. The zero-order chi connectivity index (χ0) is 15.7. The molecule has 1 heterocycles. The van der Waals surface area contributed by atoms with Crippen molar-refractivity contribution in [1.82, 2.24) is 4.31 Å². The molecule has 0 aromatic heterocycles. The Balaban J connectivity index is 2.29. The summed E-state index contributed by atoms with van der Waals surface area (Å²) in [7, 11) is -3.38. The van der Waals surface area contributed by atoms with Gasteiger partial charge in [0, 0.05) is 19.6 Å². The third kappa shape index (κ3) is 3.00. The van der Waals surface area contributed by atoms with E-state index in [0.29, 0.717) is 24.5 Å². The number of nitrogens with zero attached hydrogens (tertiary/aromatic N) is 1. The van der Waals surface area contributed by atoms with Gasteiger partial charge < -0.3 is 5.73 Å². The van der Waals surface area contributed by atoms with Gasteiger partial charge in [-0.05, 0) is 54.9 Å². The van der Waals surface area contributed by atoms with E-state index in [1.165, 1.54) is 0 Å². The van der Waals surface area contributed by atoms with Crippen LogP contribution in [-0.4, -0.2) is 25.8 Å². The Morgan fingerprint density at radius 1 is 1.29 bits per heavy atom. The van der Waals surface area contributed by atoms with Crippen LogP contribution in [0.15, 0.2) is 23.1 Å². The summed E-state index contributed by atoms with van der Waals surface area (Å²) < 4.78 is 27.3. The lowest BCUT2D eigenvalue weighted by molar-refractivity contribution is 0.279. The van der Waals surface area contributed by atoms with Crippen LogP contribution in [0.5, 0.6) is 0 Å². The fourth-order valence-corrected chi connectivity index (χ4v) is 4.77. The van der Waals surface area contributed by atoms with E-state index in [4.69, 9.17) is 5.73 Å². The van der Waals surface area contributed by atoms with E-state index >= 15 is 0 Å². The molecule has 1 saturated heterocycles. The molecule has 0 amide bonds. The van der Waals surface area contributed by atoms with Gasteiger partial charge in [0.05, 0.1) is 4.90 Å². The average molecular weight is 310 g/mol. The molecule has 0 radical (unpaired) electrons. The first-order chi connectivity index (χ1) is 9.88. The molecule has 0 unspecified atom stereocenters. The maximum absolute atomic E-state index is 12.8. The quantitative estimate of drug-likeness (QED) is 0.909. The maximum Gasteiger partial charge on any atom is 0.243 e. The number of rotatable bonds is 5. The Bertz CT molecular complexity index is 607. The first-order valence-electron chi connectivity index (χ1n) is 7.68. The van der Waals surface area contributed by atoms with Crippen molar-refractivity contribution in [2.45, 2.75) is 51.5 Å². The topological polar surface area (TPSA) is 63.4 Å². The van der Waals surface area contributed by atoms with E-state index in [0.717, 1.165) is 30.4 Å². The maximum atomic E-state index is 12.8. The molecule has 1 fully saturated rings. The number of hydrogen-bond donors (Lipinski definition) is 1. The van der Waals surface area contributed by atoms with E-state index < -0.39 is 10.0 Å². The normalized spacial score (nSPS) is 19.0. The molecule has 0 saturated carbocycles. The van der Waals surface area contributed by atoms with Crippen LogP contribution < -0.4 is 5.73 Å². The van der Waals surface area contributed by atoms with Gasteiger partial charge in [-0.1, -0.05) is 19.9 Å². The van der Waals surface area contributed by atoms with E-state index in [9.17, 15) is 8.42 Å². The molecule has 1 aliphatic heterocycles. The van der Waals surface area contributed by atoms with Crippen molar-refractivity contribution in [1.29, 1.82) is 0 Å². The summed E-state index contributed by atoms with van der Waals surface area (Å²) in [5.41, 5.74) is 7.73. The second-order valence-corrected chi connectivity index (χ2v) is 8.03. The van der Waals surface area contributed by atoms with Crippen LogP contribution in [0.4, 0.5) is 0 Å². The van der Waals surface area contributed by atoms with Gasteiger partial charge in [0.15, 0.2) is 0 Å². The molecule has 0 aliphatic carbocycles. The highest BCUT2D eigenvalue weighted by molar-refractivity contribution is 7.89. The molecule has 4 nitrogen and oxygen atoms in total. The summed E-state index contributed by atoms with van der Waals surface area (Å²) in [5, 5.41) is 0. The van der Waals surface area contributed by atoms with E-state index in [2.05, 4.69) is 13.8 Å². The second-order valence-electron chi connectivity index (χ2n) is 6.09. The van der Waals surface area contributed by atoms with Crippen LogP contribution >= 0.6 is 0 Å². The van der Waals surface area contributed by atoms with Crippen molar-refractivity contribution in [2.24, 2.45) is 11.1 Å². The highest BCUT2D eigenvalue weighted by atomic mass is 32.2. The van der Waals surface area contributed by atoms with Crippen molar-refractivity contribution in [3.63, 3.8) is 0 Å². The minimum Gasteiger partial charge on any atom is -0.326 e. The molecular formula is C16H26N2O2S. The van der Waals surface area contributed by atoms with Crippen molar-refractivity contribution < 1.29 is 8.42 Å². The van der Waals surface area contributed by atoms with Gasteiger partial charge in [-0.3, -0.25) is 0 Å². The molecule has 1 aliphatic rings. The molecule has 0 atom stereocenters. The number of benzene rings is 1. The van der Waals surface area contributed by atoms with Gasteiger partial charge in [-0.2, -0.15) is 4.31 Å². The predicted octanol–water partition coefficient (Wildman–Crippen LogP) is 2.65. The van der Waals surface area contributed by atoms with Gasteiger partial charge in [-0.15, -0.1) is 0 Å². The third-order valence-corrected chi connectivity index (χ3v) is 6.92. The zero-order valence-corrected chi connectivity index (χ0v) is 14.0. The molecule has 2 N–H and O–H groups in total. The van der Waals surface area contributed by atoms with Crippen molar-refractivity contribution in [3.05, 3.63) is 29.3 Å². The predicted molar refractivity (Wildman–Crippen MR) is 85.5 cm³/mol. The van der Waals surface area contributed by atoms with Crippen molar-refractivity contribution >= 4 is 10.0 Å². The van der Waals surface area contributed by atoms with Gasteiger partial charge in [0.1, 0.15) is 0 Å². The zero-order valence-electron chi connectivity index (χ0n) is 13.2. The fourth-order valence-electron chi connectivity index (χ4n) is 3.13. The van der Waals surface area contributed by atoms with Crippen LogP contribution in [0.25, 0.3) is 0 Å². The molecule has 118 valence electrons. The number of nitrogens with two attached hydrogens (primary N) is 1. The number of sulfonamides is 1. The minimum absolute atomic E-state index is 0.152. The van der Waals surface area contributed by atoms with Crippen molar-refractivity contribution in [3.8, 4) is 0 Å². The van der Waals surface area contributed by atoms with Crippen LogP contribution in [0.2, 0.25) is 0 Å². The van der Waals surface area contributed by atoms with Crippen molar-refractivity contribution in [2.75, 3.05) is 13.1 Å². The Hall–Kier alpha value is -0.910. The van der Waals surface area contributed by atoms with Gasteiger partial charge in [-0.25, -0.2) is 8.42 Å². The Labute approximate surface area is 128 Å². The van der Waals surface area contributed by atoms with E-state index in [1.54, 1.807) is 16.4 Å². The molecule has 1 aromatic rings. The lowest BCUT2D eigenvalue weighted by Gasteiger charge is -2.26. The first kappa shape index (κ1) is 16.5. The molecule has 0 bridgehead atoms. The van der Waals surface area contributed by atoms with Crippen LogP contribution in [0, 0.1) is 12.3 Å². The van der Waals surface area contributed by atoms with E-state index in [1.807, 2.05) is 13.0 Å². The summed E-state index contributed by atoms with van der Waals surface area (Å²) in [4.78, 5) is 0.389. The van der Waals surface area contributed by atoms with Gasteiger partial charge in [0.25, 0.3) is 0 Å². The molecule has 2 rings (SSSR count). The number of hydrogen-bond acceptors (Lipinski definition) is 3. The van der Waals surface area contributed by atoms with E-state index in [-0.39, 0.29) is 5.41 Å². The van der Waals surface area contributed by atoms with Crippen LogP contribution in [0.1, 0.15) is 44.2 Å². The lowest BCUT2D eigenvalue weighted by Crippen LogP contribution is -2.32. The SMILES string of the molecule is CCC1(CC)CCN(S(=O)(=O)c2ccc(CN)c(C)c2)C1. The minimum atomic E-state index is -3.38. The van der Waals surface area contributed by atoms with Gasteiger partial charge >= 0.3 is 0 Å². The molecule has 5 heteroatoms. The lowest BCUT2D eigenvalue weighted by atomic mass is 9.82. The largest absolute Gasteiger partial charge is 0.326 e. The molecular weight excluding hydrogens is 284 g/mol. The standard InChI is InChI=1S/C16H26N2O2S/c1-4-16(5-2)8-9-18(12-16)21(19,20)15-7-6-14(11-17)13(3)10-15/h6-7,10H,4-5,8-9,11-12,17H2,1-3H3. The number of aryl methyl sites for hydroxylation is 1. The van der Waals surface area contributed by atoms with Crippen LogP contribution in [0.3, 0.4) is 0 Å². The third-order valence-electron chi connectivity index (χ3n) is 5.08. The monoisotopic (exact) mass is 310 g/mol.